The van der Waals surface area contributed by atoms with Crippen molar-refractivity contribution >= 4 is 0 Å². The van der Waals surface area contributed by atoms with Crippen LogP contribution in [0.2, 0.25) is 0 Å². The molecule has 0 unspecified atom stereocenters. The van der Waals surface area contributed by atoms with Gasteiger partial charge in [0, 0.05) is 13.5 Å². The average Bonchev–Trinajstić information content (AvgIpc) is 2.57. The summed E-state index contributed by atoms with van der Waals surface area (Å²) >= 11 is 0. The molecule has 0 spiro atoms. The zero-order valence-corrected chi connectivity index (χ0v) is 9.77. The van der Waals surface area contributed by atoms with Gasteiger partial charge in [0.25, 0.3) is 0 Å². The third kappa shape index (κ3) is 1.56. The molecule has 0 radical (unpaired) electrons. The number of benzene rings is 1. The lowest BCUT2D eigenvalue weighted by Crippen LogP contribution is -2.22. The Kier molecular flexibility index (Phi) is 2.64. The van der Waals surface area contributed by atoms with Crippen LogP contribution in [0.4, 0.5) is 0 Å². The lowest BCUT2D eigenvalue weighted by atomic mass is 10.2. The number of aromatic nitrogens is 3. The van der Waals surface area contributed by atoms with E-state index in [9.17, 15) is 4.79 Å². The first-order valence-electron chi connectivity index (χ1n) is 5.36. The largest absolute Gasteiger partial charge is 0.350 e. The van der Waals surface area contributed by atoms with Crippen LogP contribution in [0.3, 0.4) is 0 Å². The van der Waals surface area contributed by atoms with Crippen molar-refractivity contribution in [3.05, 3.63) is 46.1 Å². The minimum Gasteiger partial charge on any atom is -0.282 e. The van der Waals surface area contributed by atoms with E-state index in [-0.39, 0.29) is 5.69 Å². The molecule has 2 rings (SSSR count). The molecule has 2 aromatic rings. The predicted molar refractivity (Wildman–Crippen MR) is 62.9 cm³/mol. The maximum atomic E-state index is 12.0. The molecule has 1 aromatic heterocycles. The van der Waals surface area contributed by atoms with Gasteiger partial charge in [-0.05, 0) is 18.6 Å². The molecular weight excluding hydrogens is 202 g/mol. The Bertz CT molecular complexity index is 566. The van der Waals surface area contributed by atoms with Crippen LogP contribution in [0.15, 0.2) is 29.1 Å². The summed E-state index contributed by atoms with van der Waals surface area (Å²) in [4.78, 5) is 12.0. The second-order valence-electron chi connectivity index (χ2n) is 3.81. The topological polar surface area (TPSA) is 39.8 Å². The zero-order chi connectivity index (χ0) is 11.7. The van der Waals surface area contributed by atoms with Crippen molar-refractivity contribution in [2.75, 3.05) is 0 Å². The van der Waals surface area contributed by atoms with Crippen LogP contribution in [0.5, 0.6) is 0 Å². The Morgan fingerprint density at radius 3 is 2.56 bits per heavy atom. The second-order valence-corrected chi connectivity index (χ2v) is 3.81. The first kappa shape index (κ1) is 10.7. The van der Waals surface area contributed by atoms with Gasteiger partial charge in [0.15, 0.2) is 0 Å². The first-order chi connectivity index (χ1) is 7.65. The van der Waals surface area contributed by atoms with Gasteiger partial charge in [0.1, 0.15) is 5.82 Å². The number of para-hydroxylation sites is 1. The highest BCUT2D eigenvalue weighted by Crippen LogP contribution is 2.10. The Morgan fingerprint density at radius 2 is 2.00 bits per heavy atom. The average molecular weight is 217 g/mol. The van der Waals surface area contributed by atoms with Gasteiger partial charge in [-0.25, -0.2) is 4.79 Å². The molecule has 0 bridgehead atoms. The van der Waals surface area contributed by atoms with Gasteiger partial charge < -0.3 is 0 Å². The minimum absolute atomic E-state index is 0.0915. The molecule has 0 aliphatic carbocycles. The maximum Gasteiger partial charge on any atom is 0.350 e. The fourth-order valence-corrected chi connectivity index (χ4v) is 1.74. The van der Waals surface area contributed by atoms with Crippen molar-refractivity contribution in [1.82, 2.24) is 14.3 Å². The second kappa shape index (κ2) is 3.96. The molecule has 0 fully saturated rings. The zero-order valence-electron chi connectivity index (χ0n) is 9.77. The van der Waals surface area contributed by atoms with Crippen LogP contribution < -0.4 is 5.69 Å². The van der Waals surface area contributed by atoms with Gasteiger partial charge >= 0.3 is 5.69 Å². The van der Waals surface area contributed by atoms with Crippen molar-refractivity contribution in [3.8, 4) is 5.69 Å². The number of rotatable bonds is 2. The van der Waals surface area contributed by atoms with E-state index in [1.807, 2.05) is 38.1 Å². The summed E-state index contributed by atoms with van der Waals surface area (Å²) in [6.45, 7) is 3.96. The van der Waals surface area contributed by atoms with Crippen molar-refractivity contribution < 1.29 is 0 Å². The van der Waals surface area contributed by atoms with Crippen molar-refractivity contribution in [3.63, 3.8) is 0 Å². The third-order valence-corrected chi connectivity index (χ3v) is 2.73. The van der Waals surface area contributed by atoms with E-state index in [2.05, 4.69) is 5.10 Å². The predicted octanol–water partition coefficient (Wildman–Crippen LogP) is 1.44. The van der Waals surface area contributed by atoms with E-state index >= 15 is 0 Å². The lowest BCUT2D eigenvalue weighted by molar-refractivity contribution is 0.780. The molecule has 0 aliphatic rings. The fourth-order valence-electron chi connectivity index (χ4n) is 1.74. The number of nitrogens with zero attached hydrogens (tertiary/aromatic N) is 3. The Labute approximate surface area is 94.1 Å². The Morgan fingerprint density at radius 1 is 1.31 bits per heavy atom. The summed E-state index contributed by atoms with van der Waals surface area (Å²) < 4.78 is 3.06. The van der Waals surface area contributed by atoms with Gasteiger partial charge in [-0.15, -0.1) is 5.10 Å². The number of hydrogen-bond acceptors (Lipinski definition) is 2. The van der Waals surface area contributed by atoms with Crippen LogP contribution in [0.1, 0.15) is 18.3 Å². The Hall–Kier alpha value is -1.84. The summed E-state index contributed by atoms with van der Waals surface area (Å²) in [6, 6.07) is 7.74. The normalized spacial score (nSPS) is 10.7. The standard InChI is InChI=1S/C12H15N3O/c1-4-11-13-15(12(16)14(11)3)10-8-6-5-7-9(10)2/h5-8H,4H2,1-3H3. The van der Waals surface area contributed by atoms with Crippen molar-refractivity contribution in [2.45, 2.75) is 20.3 Å². The Balaban J connectivity index is 2.66. The third-order valence-electron chi connectivity index (χ3n) is 2.73. The van der Waals surface area contributed by atoms with Gasteiger partial charge in [-0.3, -0.25) is 4.57 Å². The van der Waals surface area contributed by atoms with E-state index in [1.54, 1.807) is 11.6 Å². The summed E-state index contributed by atoms with van der Waals surface area (Å²) in [6.07, 6.45) is 0.755. The molecule has 4 nitrogen and oxygen atoms in total. The lowest BCUT2D eigenvalue weighted by Gasteiger charge is -2.02. The SMILES string of the molecule is CCc1nn(-c2ccccc2C)c(=O)n1C. The molecule has 0 N–H and O–H groups in total. The van der Waals surface area contributed by atoms with Gasteiger partial charge in [0.2, 0.25) is 0 Å². The highest BCUT2D eigenvalue weighted by atomic mass is 16.2. The molecule has 16 heavy (non-hydrogen) atoms. The molecule has 0 saturated heterocycles. The molecule has 0 saturated carbocycles. The molecule has 0 aliphatic heterocycles. The highest BCUT2D eigenvalue weighted by Gasteiger charge is 2.10. The van der Waals surface area contributed by atoms with E-state index in [1.165, 1.54) is 4.68 Å². The van der Waals surface area contributed by atoms with E-state index in [0.29, 0.717) is 0 Å². The minimum atomic E-state index is -0.0915. The van der Waals surface area contributed by atoms with Gasteiger partial charge in [-0.2, -0.15) is 4.68 Å². The number of aryl methyl sites for hydroxylation is 2. The summed E-state index contributed by atoms with van der Waals surface area (Å²) in [7, 11) is 1.75. The monoisotopic (exact) mass is 217 g/mol. The van der Waals surface area contributed by atoms with Crippen LogP contribution in [-0.4, -0.2) is 14.3 Å². The van der Waals surface area contributed by atoms with Crippen molar-refractivity contribution in [1.29, 1.82) is 0 Å². The molecule has 1 heterocycles. The van der Waals surface area contributed by atoms with E-state index < -0.39 is 0 Å². The van der Waals surface area contributed by atoms with Crippen LogP contribution >= 0.6 is 0 Å². The number of hydrogen-bond donors (Lipinski definition) is 0. The molecule has 1 aromatic carbocycles. The summed E-state index contributed by atoms with van der Waals surface area (Å²) in [5.41, 5.74) is 1.80. The smallest absolute Gasteiger partial charge is 0.282 e. The summed E-state index contributed by atoms with van der Waals surface area (Å²) in [5, 5.41) is 4.33. The van der Waals surface area contributed by atoms with E-state index in [0.717, 1.165) is 23.5 Å². The highest BCUT2D eigenvalue weighted by molar-refractivity contribution is 5.38. The molecule has 4 heteroatoms. The van der Waals surface area contributed by atoms with Crippen LogP contribution in [-0.2, 0) is 13.5 Å². The quantitative estimate of drug-likeness (QED) is 0.763. The van der Waals surface area contributed by atoms with Crippen molar-refractivity contribution in [2.24, 2.45) is 7.05 Å². The van der Waals surface area contributed by atoms with Gasteiger partial charge in [0.05, 0.1) is 5.69 Å². The molecule has 84 valence electrons. The molecular formula is C12H15N3O. The van der Waals surface area contributed by atoms with Gasteiger partial charge in [-0.1, -0.05) is 25.1 Å². The maximum absolute atomic E-state index is 12.0. The first-order valence-corrected chi connectivity index (χ1v) is 5.36. The van der Waals surface area contributed by atoms with Crippen LogP contribution in [0, 0.1) is 6.92 Å². The molecule has 0 amide bonds. The summed E-state index contributed by atoms with van der Waals surface area (Å²) in [5.74, 6) is 0.799. The molecule has 0 atom stereocenters. The van der Waals surface area contributed by atoms with Crippen LogP contribution in [0.25, 0.3) is 5.69 Å². The van der Waals surface area contributed by atoms with E-state index in [4.69, 9.17) is 0 Å². The fraction of sp³-hybridized carbons (Fsp3) is 0.333.